The average Bonchev–Trinajstić information content (AvgIpc) is 1.97. The molecule has 0 spiro atoms. The number of rotatable bonds is 1. The molecule has 0 N–H and O–H groups in total. The number of halogens is 2. The highest BCUT2D eigenvalue weighted by molar-refractivity contribution is 9.08. The minimum Gasteiger partial charge on any atom is -0.255 e. The summed E-state index contributed by atoms with van der Waals surface area (Å²) in [5, 5.41) is 0.785. The van der Waals surface area contributed by atoms with Crippen LogP contribution in [0.5, 0.6) is 0 Å². The highest BCUT2D eigenvalue weighted by atomic mass is 79.9. The Kier molecular flexibility index (Phi) is 4.94. The van der Waals surface area contributed by atoms with E-state index in [2.05, 4.69) is 25.9 Å². The van der Waals surface area contributed by atoms with Gasteiger partial charge in [0, 0.05) is 5.33 Å². The van der Waals surface area contributed by atoms with Gasteiger partial charge in [-0.25, -0.2) is 0 Å². The average molecular weight is 296 g/mol. The molecule has 0 bridgehead atoms. The number of hydrogen-bond donors (Lipinski definition) is 0. The van der Waals surface area contributed by atoms with Gasteiger partial charge in [0.25, 0.3) is 0 Å². The first kappa shape index (κ1) is 12.0. The van der Waals surface area contributed by atoms with E-state index >= 15 is 0 Å². The predicted molar refractivity (Wildman–Crippen MR) is 59.2 cm³/mol. The molecule has 0 radical (unpaired) electrons. The first-order chi connectivity index (χ1) is 5.15. The summed E-state index contributed by atoms with van der Waals surface area (Å²) < 4.78 is 0. The lowest BCUT2D eigenvalue weighted by Crippen LogP contribution is -2.00. The van der Waals surface area contributed by atoms with Crippen molar-refractivity contribution in [2.75, 3.05) is 0 Å². The fourth-order valence-electron chi connectivity index (χ4n) is 0.888. The van der Waals surface area contributed by atoms with Crippen LogP contribution < -0.4 is 0 Å². The second-order valence-corrected chi connectivity index (χ2v) is 3.12. The zero-order chi connectivity index (χ0) is 8.43. The molecule has 1 aromatic heterocycles. The van der Waals surface area contributed by atoms with Gasteiger partial charge in [-0.1, -0.05) is 15.9 Å². The number of aromatic nitrogens is 2. The van der Waals surface area contributed by atoms with Crippen molar-refractivity contribution in [3.05, 3.63) is 22.8 Å². The van der Waals surface area contributed by atoms with E-state index in [4.69, 9.17) is 0 Å². The summed E-state index contributed by atoms with van der Waals surface area (Å²) in [4.78, 5) is 8.73. The lowest BCUT2D eigenvalue weighted by molar-refractivity contribution is 0.953. The van der Waals surface area contributed by atoms with Gasteiger partial charge in [-0.15, -0.1) is 17.0 Å². The van der Waals surface area contributed by atoms with E-state index in [1.54, 1.807) is 0 Å². The van der Waals surface area contributed by atoms with Gasteiger partial charge in [0.1, 0.15) is 0 Å². The molecule has 0 amide bonds. The molecule has 0 unspecified atom stereocenters. The van der Waals surface area contributed by atoms with Gasteiger partial charge in [0.15, 0.2) is 0 Å². The zero-order valence-electron chi connectivity index (χ0n) is 7.39. The smallest absolute Gasteiger partial charge is 0.0724 e. The van der Waals surface area contributed by atoms with Crippen LogP contribution in [0.15, 0.2) is 0 Å². The summed E-state index contributed by atoms with van der Waals surface area (Å²) in [6, 6.07) is 0. The Morgan fingerprint density at radius 1 is 1.00 bits per heavy atom. The van der Waals surface area contributed by atoms with Crippen LogP contribution >= 0.6 is 32.9 Å². The summed E-state index contributed by atoms with van der Waals surface area (Å²) >= 11 is 3.36. The molecule has 0 aromatic carbocycles. The molecule has 2 nitrogen and oxygen atoms in total. The molecule has 0 atom stereocenters. The lowest BCUT2D eigenvalue weighted by atomic mass is 10.3. The Morgan fingerprint density at radius 2 is 1.50 bits per heavy atom. The maximum atomic E-state index is 4.38. The summed E-state index contributed by atoms with van der Waals surface area (Å²) in [6.45, 7) is 5.94. The Morgan fingerprint density at radius 3 is 2.00 bits per heavy atom. The SMILES string of the molecule is Br.Cc1nc(C)c(CBr)nc1C. The molecule has 0 saturated carbocycles. The summed E-state index contributed by atoms with van der Waals surface area (Å²) in [5.41, 5.74) is 4.09. The van der Waals surface area contributed by atoms with Gasteiger partial charge < -0.3 is 0 Å². The maximum Gasteiger partial charge on any atom is 0.0724 e. The van der Waals surface area contributed by atoms with Crippen LogP contribution in [0, 0.1) is 20.8 Å². The van der Waals surface area contributed by atoms with E-state index in [-0.39, 0.29) is 17.0 Å². The van der Waals surface area contributed by atoms with Crippen molar-refractivity contribution < 1.29 is 0 Å². The van der Waals surface area contributed by atoms with Gasteiger partial charge >= 0.3 is 0 Å². The number of nitrogens with zero attached hydrogens (tertiary/aromatic N) is 2. The number of hydrogen-bond acceptors (Lipinski definition) is 2. The van der Waals surface area contributed by atoms with Crippen LogP contribution in [0.3, 0.4) is 0 Å². The summed E-state index contributed by atoms with van der Waals surface area (Å²) in [5.74, 6) is 0. The first-order valence-electron chi connectivity index (χ1n) is 3.52. The van der Waals surface area contributed by atoms with Crippen LogP contribution in [0.25, 0.3) is 0 Å². The van der Waals surface area contributed by atoms with E-state index in [1.807, 2.05) is 20.8 Å². The molecule has 1 heterocycles. The Labute approximate surface area is 91.7 Å². The molecule has 1 rings (SSSR count). The third-order valence-electron chi connectivity index (χ3n) is 1.71. The molecule has 0 aliphatic heterocycles. The van der Waals surface area contributed by atoms with Crippen LogP contribution in [0.2, 0.25) is 0 Å². The maximum absolute atomic E-state index is 4.38. The third-order valence-corrected chi connectivity index (χ3v) is 2.24. The quantitative estimate of drug-likeness (QED) is 0.745. The highest BCUT2D eigenvalue weighted by Crippen LogP contribution is 2.09. The minimum atomic E-state index is 0. The third kappa shape index (κ3) is 2.52. The highest BCUT2D eigenvalue weighted by Gasteiger charge is 2.02. The van der Waals surface area contributed by atoms with E-state index in [9.17, 15) is 0 Å². The molecule has 0 aliphatic rings. The topological polar surface area (TPSA) is 25.8 Å². The van der Waals surface area contributed by atoms with E-state index in [0.717, 1.165) is 28.1 Å². The van der Waals surface area contributed by atoms with E-state index in [1.165, 1.54) is 0 Å². The van der Waals surface area contributed by atoms with Crippen molar-refractivity contribution in [2.24, 2.45) is 0 Å². The van der Waals surface area contributed by atoms with Crippen molar-refractivity contribution in [2.45, 2.75) is 26.1 Å². The summed E-state index contributed by atoms with van der Waals surface area (Å²) in [6.07, 6.45) is 0. The largest absolute Gasteiger partial charge is 0.255 e. The number of alkyl halides is 1. The second kappa shape index (κ2) is 4.92. The van der Waals surface area contributed by atoms with Gasteiger partial charge in [-0.2, -0.15) is 0 Å². The van der Waals surface area contributed by atoms with Crippen LogP contribution in [-0.4, -0.2) is 9.97 Å². The normalized spacial score (nSPS) is 9.33. The molecule has 0 fully saturated rings. The van der Waals surface area contributed by atoms with Gasteiger partial charge in [0.2, 0.25) is 0 Å². The molecular weight excluding hydrogens is 284 g/mol. The van der Waals surface area contributed by atoms with E-state index in [0.29, 0.717) is 0 Å². The summed E-state index contributed by atoms with van der Waals surface area (Å²) in [7, 11) is 0. The van der Waals surface area contributed by atoms with Crippen LogP contribution in [0.1, 0.15) is 22.8 Å². The van der Waals surface area contributed by atoms with Crippen molar-refractivity contribution in [3.8, 4) is 0 Å². The Balaban J connectivity index is 0.00000121. The minimum absolute atomic E-state index is 0. The standard InChI is InChI=1S/C8H11BrN2.BrH/c1-5-6(2)11-8(4-9)7(3)10-5;/h4H2,1-3H3;1H. The monoisotopic (exact) mass is 294 g/mol. The van der Waals surface area contributed by atoms with Gasteiger partial charge in [0.05, 0.1) is 22.8 Å². The molecule has 0 aliphatic carbocycles. The fraction of sp³-hybridized carbons (Fsp3) is 0.500. The Hall–Kier alpha value is 0.0400. The second-order valence-electron chi connectivity index (χ2n) is 2.56. The van der Waals surface area contributed by atoms with Crippen LogP contribution in [-0.2, 0) is 5.33 Å². The van der Waals surface area contributed by atoms with Gasteiger partial charge in [-0.05, 0) is 20.8 Å². The Bertz CT molecular complexity index is 274. The molecule has 0 saturated heterocycles. The number of aryl methyl sites for hydroxylation is 3. The van der Waals surface area contributed by atoms with Crippen molar-refractivity contribution in [1.29, 1.82) is 0 Å². The van der Waals surface area contributed by atoms with Gasteiger partial charge in [-0.3, -0.25) is 9.97 Å². The zero-order valence-corrected chi connectivity index (χ0v) is 10.7. The van der Waals surface area contributed by atoms with Crippen LogP contribution in [0.4, 0.5) is 0 Å². The first-order valence-corrected chi connectivity index (χ1v) is 4.64. The molecular formula is C8H12Br2N2. The van der Waals surface area contributed by atoms with Crippen molar-refractivity contribution in [1.82, 2.24) is 9.97 Å². The molecule has 12 heavy (non-hydrogen) atoms. The molecule has 1 aromatic rings. The lowest BCUT2D eigenvalue weighted by Gasteiger charge is -2.03. The predicted octanol–water partition coefficient (Wildman–Crippen LogP) is 2.87. The van der Waals surface area contributed by atoms with E-state index < -0.39 is 0 Å². The molecule has 4 heteroatoms. The molecule has 68 valence electrons. The van der Waals surface area contributed by atoms with Crippen molar-refractivity contribution >= 4 is 32.9 Å². The fourth-order valence-corrected chi connectivity index (χ4v) is 1.42. The van der Waals surface area contributed by atoms with Crippen molar-refractivity contribution in [3.63, 3.8) is 0 Å².